The van der Waals surface area contributed by atoms with E-state index in [4.69, 9.17) is 4.74 Å². The number of rotatable bonds is 5. The maximum atomic E-state index is 12.1. The summed E-state index contributed by atoms with van der Waals surface area (Å²) in [4.78, 5) is 14.7. The van der Waals surface area contributed by atoms with Gasteiger partial charge in [0, 0.05) is 49.8 Å². The number of carbonyl (C=O) groups excluding carboxylic acids is 1. The van der Waals surface area contributed by atoms with Crippen molar-refractivity contribution < 1.29 is 9.53 Å². The molecule has 2 N–H and O–H groups in total. The number of carbonyl (C=O) groups is 1. The van der Waals surface area contributed by atoms with Crippen molar-refractivity contribution in [3.63, 3.8) is 0 Å². The highest BCUT2D eigenvalue weighted by Gasteiger charge is 2.40. The average Bonchev–Trinajstić information content (AvgIpc) is 3.24. The van der Waals surface area contributed by atoms with Crippen LogP contribution in [0.15, 0.2) is 0 Å². The van der Waals surface area contributed by atoms with Crippen LogP contribution >= 0.6 is 11.8 Å². The van der Waals surface area contributed by atoms with Gasteiger partial charge in [-0.3, -0.25) is 4.90 Å². The molecule has 5 nitrogen and oxygen atoms in total. The molecule has 3 fully saturated rings. The van der Waals surface area contributed by atoms with Gasteiger partial charge < -0.3 is 15.4 Å². The SMILES string of the molecule is O=C(NC[C@H]1CCCO1)NCC1(N2CCSCC2)CCCC1. The standard InChI is InChI=1S/C16H29N3O2S/c20-15(17-12-14-4-3-9-21-14)18-13-16(5-1-2-6-16)19-7-10-22-11-8-19/h14H,1-13H2,(H2,17,18,20)/t14-/m1/s1. The Kier molecular flexibility index (Phi) is 5.88. The van der Waals surface area contributed by atoms with Crippen LogP contribution in [-0.2, 0) is 4.74 Å². The summed E-state index contributed by atoms with van der Waals surface area (Å²) in [6, 6.07) is -0.0341. The normalized spacial score (nSPS) is 28.6. The lowest BCUT2D eigenvalue weighted by atomic mass is 9.94. The first-order chi connectivity index (χ1) is 10.8. The largest absolute Gasteiger partial charge is 0.376 e. The summed E-state index contributed by atoms with van der Waals surface area (Å²) in [7, 11) is 0. The van der Waals surface area contributed by atoms with Gasteiger partial charge in [0.1, 0.15) is 0 Å². The Labute approximate surface area is 137 Å². The van der Waals surface area contributed by atoms with Gasteiger partial charge in [-0.05, 0) is 25.7 Å². The minimum Gasteiger partial charge on any atom is -0.376 e. The summed E-state index contributed by atoms with van der Waals surface area (Å²) in [6.45, 7) is 4.60. The first-order valence-corrected chi connectivity index (χ1v) is 9.90. The van der Waals surface area contributed by atoms with Crippen molar-refractivity contribution in [2.45, 2.75) is 50.2 Å². The van der Waals surface area contributed by atoms with Crippen LogP contribution in [0.2, 0.25) is 0 Å². The minimum atomic E-state index is -0.0341. The number of urea groups is 1. The molecule has 2 aliphatic heterocycles. The van der Waals surface area contributed by atoms with Gasteiger partial charge in [-0.25, -0.2) is 4.79 Å². The van der Waals surface area contributed by atoms with Crippen molar-refractivity contribution >= 4 is 17.8 Å². The zero-order chi connectivity index (χ0) is 15.3. The topological polar surface area (TPSA) is 53.6 Å². The number of nitrogens with zero attached hydrogens (tertiary/aromatic N) is 1. The van der Waals surface area contributed by atoms with Gasteiger partial charge in [0.15, 0.2) is 0 Å². The Morgan fingerprint density at radius 3 is 2.64 bits per heavy atom. The van der Waals surface area contributed by atoms with Gasteiger partial charge in [0.2, 0.25) is 0 Å². The fourth-order valence-electron chi connectivity index (χ4n) is 3.99. The second-order valence-electron chi connectivity index (χ2n) is 6.73. The molecular weight excluding hydrogens is 298 g/mol. The molecule has 0 aromatic rings. The molecule has 3 aliphatic rings. The quantitative estimate of drug-likeness (QED) is 0.809. The number of amides is 2. The van der Waals surface area contributed by atoms with Crippen LogP contribution in [0.5, 0.6) is 0 Å². The first kappa shape index (κ1) is 16.4. The van der Waals surface area contributed by atoms with E-state index in [0.717, 1.165) is 26.0 Å². The van der Waals surface area contributed by atoms with Crippen LogP contribution in [-0.4, -0.2) is 66.9 Å². The van der Waals surface area contributed by atoms with E-state index in [1.807, 2.05) is 11.8 Å². The third-order valence-corrected chi connectivity index (χ3v) is 6.25. The Balaban J connectivity index is 1.45. The molecule has 2 saturated heterocycles. The van der Waals surface area contributed by atoms with E-state index < -0.39 is 0 Å². The molecule has 0 unspecified atom stereocenters. The molecular formula is C16H29N3O2S. The maximum Gasteiger partial charge on any atom is 0.314 e. The highest BCUT2D eigenvalue weighted by Crippen LogP contribution is 2.36. The Morgan fingerprint density at radius 1 is 1.18 bits per heavy atom. The second-order valence-corrected chi connectivity index (χ2v) is 7.95. The maximum absolute atomic E-state index is 12.1. The summed E-state index contributed by atoms with van der Waals surface area (Å²) >= 11 is 2.05. The molecule has 1 aliphatic carbocycles. The smallest absolute Gasteiger partial charge is 0.314 e. The van der Waals surface area contributed by atoms with E-state index in [-0.39, 0.29) is 17.7 Å². The summed E-state index contributed by atoms with van der Waals surface area (Å²) in [5.41, 5.74) is 0.210. The highest BCUT2D eigenvalue weighted by molar-refractivity contribution is 7.99. The van der Waals surface area contributed by atoms with Crippen molar-refractivity contribution in [2.75, 3.05) is 44.3 Å². The predicted molar refractivity (Wildman–Crippen MR) is 90.5 cm³/mol. The Hall–Kier alpha value is -0.460. The van der Waals surface area contributed by atoms with Crippen LogP contribution in [0.25, 0.3) is 0 Å². The van der Waals surface area contributed by atoms with Gasteiger partial charge in [0.25, 0.3) is 0 Å². The van der Waals surface area contributed by atoms with Gasteiger partial charge >= 0.3 is 6.03 Å². The van der Waals surface area contributed by atoms with Gasteiger partial charge in [-0.1, -0.05) is 12.8 Å². The third kappa shape index (κ3) is 4.09. The number of ether oxygens (including phenoxy) is 1. The minimum absolute atomic E-state index is 0.0341. The fourth-order valence-corrected chi connectivity index (χ4v) is 4.90. The van der Waals surface area contributed by atoms with E-state index in [1.54, 1.807) is 0 Å². The molecule has 1 atom stereocenters. The Bertz CT molecular complexity index is 362. The van der Waals surface area contributed by atoms with E-state index in [1.165, 1.54) is 50.3 Å². The third-order valence-electron chi connectivity index (χ3n) is 5.31. The molecule has 2 amide bonds. The van der Waals surface area contributed by atoms with Crippen molar-refractivity contribution in [3.05, 3.63) is 0 Å². The van der Waals surface area contributed by atoms with Gasteiger partial charge in [0.05, 0.1) is 6.10 Å². The lowest BCUT2D eigenvalue weighted by Crippen LogP contribution is -2.57. The number of thioether (sulfide) groups is 1. The van der Waals surface area contributed by atoms with E-state index in [9.17, 15) is 4.79 Å². The lowest BCUT2D eigenvalue weighted by Gasteiger charge is -2.43. The molecule has 0 spiro atoms. The summed E-state index contributed by atoms with van der Waals surface area (Å²) in [6.07, 6.45) is 7.43. The molecule has 0 aromatic carbocycles. The first-order valence-electron chi connectivity index (χ1n) is 8.75. The van der Waals surface area contributed by atoms with Crippen LogP contribution in [0.1, 0.15) is 38.5 Å². The molecule has 1 saturated carbocycles. The highest BCUT2D eigenvalue weighted by atomic mass is 32.2. The predicted octanol–water partition coefficient (Wildman–Crippen LogP) is 1.83. The van der Waals surface area contributed by atoms with Crippen molar-refractivity contribution in [1.82, 2.24) is 15.5 Å². The van der Waals surface area contributed by atoms with E-state index in [2.05, 4.69) is 15.5 Å². The molecule has 126 valence electrons. The van der Waals surface area contributed by atoms with Gasteiger partial charge in [-0.15, -0.1) is 0 Å². The number of hydrogen-bond acceptors (Lipinski definition) is 4. The monoisotopic (exact) mass is 327 g/mol. The van der Waals surface area contributed by atoms with Crippen molar-refractivity contribution in [1.29, 1.82) is 0 Å². The summed E-state index contributed by atoms with van der Waals surface area (Å²) < 4.78 is 5.54. The fraction of sp³-hybridized carbons (Fsp3) is 0.938. The number of nitrogens with one attached hydrogen (secondary N) is 2. The molecule has 0 radical (unpaired) electrons. The lowest BCUT2D eigenvalue weighted by molar-refractivity contribution is 0.101. The van der Waals surface area contributed by atoms with Crippen LogP contribution < -0.4 is 10.6 Å². The molecule has 3 rings (SSSR count). The van der Waals surface area contributed by atoms with Crippen LogP contribution in [0.4, 0.5) is 4.79 Å². The average molecular weight is 327 g/mol. The Morgan fingerprint density at radius 2 is 1.95 bits per heavy atom. The van der Waals surface area contributed by atoms with Crippen molar-refractivity contribution in [2.24, 2.45) is 0 Å². The molecule has 0 aromatic heterocycles. The molecule has 6 heteroatoms. The zero-order valence-corrected chi connectivity index (χ0v) is 14.3. The number of hydrogen-bond donors (Lipinski definition) is 2. The summed E-state index contributed by atoms with van der Waals surface area (Å²) in [5.74, 6) is 2.46. The molecule has 22 heavy (non-hydrogen) atoms. The van der Waals surface area contributed by atoms with Gasteiger partial charge in [-0.2, -0.15) is 11.8 Å². The van der Waals surface area contributed by atoms with Crippen LogP contribution in [0.3, 0.4) is 0 Å². The molecule has 0 bridgehead atoms. The second kappa shape index (κ2) is 7.88. The van der Waals surface area contributed by atoms with E-state index in [0.29, 0.717) is 6.54 Å². The van der Waals surface area contributed by atoms with Crippen LogP contribution in [0, 0.1) is 0 Å². The zero-order valence-electron chi connectivity index (χ0n) is 13.4. The summed E-state index contributed by atoms with van der Waals surface area (Å²) in [5, 5.41) is 6.10. The van der Waals surface area contributed by atoms with Crippen molar-refractivity contribution in [3.8, 4) is 0 Å². The molecule has 2 heterocycles. The van der Waals surface area contributed by atoms with E-state index >= 15 is 0 Å².